The zero-order valence-corrected chi connectivity index (χ0v) is 16.2. The van der Waals surface area contributed by atoms with Crippen LogP contribution in [-0.2, 0) is 27.5 Å². The summed E-state index contributed by atoms with van der Waals surface area (Å²) >= 11 is 0. The second-order valence-electron chi connectivity index (χ2n) is 6.24. The van der Waals surface area contributed by atoms with Crippen LogP contribution in [0.4, 0.5) is 0 Å². The van der Waals surface area contributed by atoms with E-state index in [1.165, 1.54) is 5.56 Å². The van der Waals surface area contributed by atoms with E-state index in [0.29, 0.717) is 0 Å². The molecule has 142 valence electrons. The largest absolute Gasteiger partial charge is 0.346 e. The van der Waals surface area contributed by atoms with Crippen molar-refractivity contribution in [3.05, 3.63) is 59.7 Å². The fraction of sp³-hybridized carbons (Fsp3) is 0.333. The predicted octanol–water partition coefficient (Wildman–Crippen LogP) is 3.63. The van der Waals surface area contributed by atoms with Crippen LogP contribution in [0, 0.1) is 0 Å². The molecule has 0 amide bonds. The van der Waals surface area contributed by atoms with E-state index in [1.807, 2.05) is 24.3 Å². The zero-order chi connectivity index (χ0) is 19.4. The summed E-state index contributed by atoms with van der Waals surface area (Å²) in [5.74, 6) is 0. The van der Waals surface area contributed by atoms with Crippen LogP contribution in [0.5, 0.6) is 0 Å². The van der Waals surface area contributed by atoms with Crippen LogP contribution < -0.4 is 0 Å². The van der Waals surface area contributed by atoms with Gasteiger partial charge in [-0.2, -0.15) is 8.42 Å². The van der Waals surface area contributed by atoms with Gasteiger partial charge in [-0.25, -0.2) is 0 Å². The highest BCUT2D eigenvalue weighted by Gasteiger charge is 2.39. The van der Waals surface area contributed by atoms with E-state index in [0.717, 1.165) is 29.5 Å². The molecule has 0 heterocycles. The molecule has 0 saturated carbocycles. The number of rotatable bonds is 8. The van der Waals surface area contributed by atoms with Crippen molar-refractivity contribution in [3.8, 4) is 11.1 Å². The van der Waals surface area contributed by atoms with Crippen LogP contribution in [0.15, 0.2) is 48.5 Å². The van der Waals surface area contributed by atoms with Gasteiger partial charge in [0.15, 0.2) is 4.99 Å². The summed E-state index contributed by atoms with van der Waals surface area (Å²) in [4.78, 5) is 16.1. The van der Waals surface area contributed by atoms with E-state index < -0.39 is 22.7 Å². The van der Waals surface area contributed by atoms with Crippen molar-refractivity contribution in [1.29, 1.82) is 0 Å². The maximum atomic E-state index is 11.3. The molecule has 0 fully saturated rings. The molecule has 6 nitrogen and oxygen atoms in total. The first-order chi connectivity index (χ1) is 12.1. The van der Waals surface area contributed by atoms with Gasteiger partial charge in [0.25, 0.3) is 10.1 Å². The van der Waals surface area contributed by atoms with E-state index in [2.05, 4.69) is 19.1 Å². The standard InChI is InChI=1S/C18H23O6PS/c1-2-3-14-4-9-16(10-5-14)17-11-6-15(7-12-17)8-13-18(25(19,20)21)26(22,23)24/h4-7,9-12,18H,2-3,8,13H2,1H3,(H2,19,20,21)(H,22,23,24). The lowest BCUT2D eigenvalue weighted by Gasteiger charge is -2.15. The lowest BCUT2D eigenvalue weighted by Crippen LogP contribution is -2.21. The maximum absolute atomic E-state index is 11.3. The second kappa shape index (κ2) is 8.46. The van der Waals surface area contributed by atoms with Crippen molar-refractivity contribution >= 4 is 17.7 Å². The minimum Gasteiger partial charge on any atom is -0.323 e. The fourth-order valence-electron chi connectivity index (χ4n) is 2.80. The molecular weight excluding hydrogens is 375 g/mol. The molecule has 2 aromatic carbocycles. The van der Waals surface area contributed by atoms with Crippen molar-refractivity contribution in [1.82, 2.24) is 0 Å². The minimum atomic E-state index is -4.94. The van der Waals surface area contributed by atoms with Crippen molar-refractivity contribution in [2.75, 3.05) is 0 Å². The van der Waals surface area contributed by atoms with Gasteiger partial charge < -0.3 is 9.79 Å². The molecule has 0 aliphatic heterocycles. The van der Waals surface area contributed by atoms with Crippen LogP contribution in [0.2, 0.25) is 0 Å². The van der Waals surface area contributed by atoms with Crippen LogP contribution in [0.1, 0.15) is 30.9 Å². The van der Waals surface area contributed by atoms with Gasteiger partial charge in [-0.05, 0) is 41.5 Å². The Hall–Kier alpha value is -1.50. The van der Waals surface area contributed by atoms with Gasteiger partial charge in [0.2, 0.25) is 0 Å². The SMILES string of the molecule is CCCc1ccc(-c2ccc(CCC(P(=O)(O)O)S(=O)(=O)O)cc2)cc1. The van der Waals surface area contributed by atoms with Gasteiger partial charge >= 0.3 is 7.60 Å². The van der Waals surface area contributed by atoms with Gasteiger partial charge in [-0.3, -0.25) is 9.12 Å². The van der Waals surface area contributed by atoms with Gasteiger partial charge in [-0.15, -0.1) is 0 Å². The maximum Gasteiger partial charge on any atom is 0.346 e. The Kier molecular flexibility index (Phi) is 6.77. The van der Waals surface area contributed by atoms with E-state index in [9.17, 15) is 13.0 Å². The number of hydrogen-bond donors (Lipinski definition) is 3. The first-order valence-electron chi connectivity index (χ1n) is 8.31. The minimum absolute atomic E-state index is 0.130. The molecule has 1 unspecified atom stereocenters. The summed E-state index contributed by atoms with van der Waals surface area (Å²) in [6, 6.07) is 15.6. The summed E-state index contributed by atoms with van der Waals surface area (Å²) in [7, 11) is -9.76. The third-order valence-corrected chi connectivity index (χ3v) is 7.73. The molecule has 0 bridgehead atoms. The van der Waals surface area contributed by atoms with Crippen LogP contribution in [-0.4, -0.2) is 27.7 Å². The van der Waals surface area contributed by atoms with E-state index in [-0.39, 0.29) is 12.8 Å². The van der Waals surface area contributed by atoms with Crippen LogP contribution in [0.25, 0.3) is 11.1 Å². The fourth-order valence-corrected chi connectivity index (χ4v) is 5.07. The highest BCUT2D eigenvalue weighted by atomic mass is 32.2. The molecule has 8 heteroatoms. The number of benzene rings is 2. The second-order valence-corrected chi connectivity index (χ2v) is 9.99. The summed E-state index contributed by atoms with van der Waals surface area (Å²) in [5.41, 5.74) is 4.07. The first kappa shape index (κ1) is 20.8. The Bertz CT molecular complexity index is 869. The third kappa shape index (κ3) is 5.76. The molecule has 3 N–H and O–H groups in total. The first-order valence-corrected chi connectivity index (χ1v) is 11.5. The Morgan fingerprint density at radius 3 is 1.65 bits per heavy atom. The highest BCUT2D eigenvalue weighted by molar-refractivity contribution is 7.93. The molecule has 0 saturated heterocycles. The summed E-state index contributed by atoms with van der Waals surface area (Å²) in [6.45, 7) is 2.13. The molecule has 2 rings (SSSR count). The molecule has 0 aromatic heterocycles. The Labute approximate surface area is 153 Å². The Morgan fingerprint density at radius 1 is 0.885 bits per heavy atom. The molecule has 1 atom stereocenters. The van der Waals surface area contributed by atoms with Crippen molar-refractivity contribution in [3.63, 3.8) is 0 Å². The average Bonchev–Trinajstić information content (AvgIpc) is 2.54. The Balaban J connectivity index is 2.08. The van der Waals surface area contributed by atoms with E-state index >= 15 is 0 Å². The molecule has 0 spiro atoms. The van der Waals surface area contributed by atoms with Crippen LogP contribution >= 0.6 is 7.60 Å². The van der Waals surface area contributed by atoms with Crippen molar-refractivity contribution in [2.45, 2.75) is 37.6 Å². The normalized spacial score (nSPS) is 13.5. The smallest absolute Gasteiger partial charge is 0.323 e. The monoisotopic (exact) mass is 398 g/mol. The molecular formula is C18H23O6PS. The lowest BCUT2D eigenvalue weighted by atomic mass is 10.0. The van der Waals surface area contributed by atoms with Crippen molar-refractivity contribution < 1.29 is 27.3 Å². The summed E-state index contributed by atoms with van der Waals surface area (Å²) in [6.07, 6.45) is 1.90. The molecule has 2 aromatic rings. The predicted molar refractivity (Wildman–Crippen MR) is 102 cm³/mol. The molecule has 0 radical (unpaired) electrons. The van der Waals surface area contributed by atoms with E-state index in [4.69, 9.17) is 14.3 Å². The quantitative estimate of drug-likeness (QED) is 0.462. The number of aryl methyl sites for hydroxylation is 2. The number of hydrogen-bond acceptors (Lipinski definition) is 3. The zero-order valence-electron chi connectivity index (χ0n) is 14.4. The van der Waals surface area contributed by atoms with Crippen LogP contribution in [0.3, 0.4) is 0 Å². The topological polar surface area (TPSA) is 112 Å². The van der Waals surface area contributed by atoms with Crippen molar-refractivity contribution in [2.24, 2.45) is 0 Å². The molecule has 0 aliphatic carbocycles. The lowest BCUT2D eigenvalue weighted by molar-refractivity contribution is 0.361. The molecule has 26 heavy (non-hydrogen) atoms. The van der Waals surface area contributed by atoms with Gasteiger partial charge in [-0.1, -0.05) is 61.9 Å². The average molecular weight is 398 g/mol. The third-order valence-electron chi connectivity index (χ3n) is 4.18. The van der Waals surface area contributed by atoms with Gasteiger partial charge in [0.1, 0.15) is 0 Å². The van der Waals surface area contributed by atoms with Gasteiger partial charge in [0, 0.05) is 0 Å². The van der Waals surface area contributed by atoms with Gasteiger partial charge in [0.05, 0.1) is 0 Å². The highest BCUT2D eigenvalue weighted by Crippen LogP contribution is 2.45. The van der Waals surface area contributed by atoms with E-state index in [1.54, 1.807) is 12.1 Å². The summed E-state index contributed by atoms with van der Waals surface area (Å²) < 4.78 is 42.6. The summed E-state index contributed by atoms with van der Waals surface area (Å²) in [5, 5.41) is 0. The molecule has 0 aliphatic rings. The Morgan fingerprint density at radius 2 is 1.31 bits per heavy atom.